The molecule has 108 valence electrons. The molecule has 1 unspecified atom stereocenters. The molecule has 0 bridgehead atoms. The van der Waals surface area contributed by atoms with Crippen LogP contribution in [0.15, 0.2) is 58.9 Å². The van der Waals surface area contributed by atoms with Crippen LogP contribution < -0.4 is 0 Å². The normalized spacial score (nSPS) is 12.6. The Labute approximate surface area is 133 Å². The SMILES string of the molecule is CC(COCc1ccccc1)Sc1nc2ccccc2s1. The van der Waals surface area contributed by atoms with Crippen molar-refractivity contribution in [1.29, 1.82) is 0 Å². The first-order valence-electron chi connectivity index (χ1n) is 6.95. The van der Waals surface area contributed by atoms with Crippen LogP contribution in [0, 0.1) is 0 Å². The molecule has 0 aliphatic rings. The molecule has 1 atom stereocenters. The van der Waals surface area contributed by atoms with Crippen molar-refractivity contribution < 1.29 is 4.74 Å². The highest BCUT2D eigenvalue weighted by Gasteiger charge is 2.09. The molecule has 0 saturated carbocycles. The highest BCUT2D eigenvalue weighted by molar-refractivity contribution is 8.01. The van der Waals surface area contributed by atoms with Crippen LogP contribution in [0.3, 0.4) is 0 Å². The van der Waals surface area contributed by atoms with Crippen molar-refractivity contribution >= 4 is 33.3 Å². The number of thiazole rings is 1. The van der Waals surface area contributed by atoms with Crippen molar-refractivity contribution in [2.75, 3.05) is 6.61 Å². The molecule has 0 N–H and O–H groups in total. The number of hydrogen-bond donors (Lipinski definition) is 0. The van der Waals surface area contributed by atoms with Gasteiger partial charge in [-0.25, -0.2) is 4.98 Å². The second-order valence-corrected chi connectivity index (χ2v) is 7.59. The van der Waals surface area contributed by atoms with E-state index in [1.54, 1.807) is 23.1 Å². The van der Waals surface area contributed by atoms with E-state index in [2.05, 4.69) is 42.2 Å². The summed E-state index contributed by atoms with van der Waals surface area (Å²) in [5, 5.41) is 0.397. The van der Waals surface area contributed by atoms with Gasteiger partial charge in [0.05, 0.1) is 23.4 Å². The van der Waals surface area contributed by atoms with E-state index in [1.165, 1.54) is 10.3 Å². The first-order valence-corrected chi connectivity index (χ1v) is 8.65. The predicted molar refractivity (Wildman–Crippen MR) is 91.0 cm³/mol. The smallest absolute Gasteiger partial charge is 0.151 e. The number of aromatic nitrogens is 1. The van der Waals surface area contributed by atoms with E-state index in [-0.39, 0.29) is 0 Å². The maximum atomic E-state index is 5.78. The second kappa shape index (κ2) is 7.07. The molecule has 0 fully saturated rings. The average molecular weight is 315 g/mol. The molecule has 0 amide bonds. The fraction of sp³-hybridized carbons (Fsp3) is 0.235. The third kappa shape index (κ3) is 4.06. The number of para-hydroxylation sites is 1. The number of ether oxygens (including phenoxy) is 1. The number of thioether (sulfide) groups is 1. The second-order valence-electron chi connectivity index (χ2n) is 4.88. The van der Waals surface area contributed by atoms with Crippen LogP contribution in [0.2, 0.25) is 0 Å². The van der Waals surface area contributed by atoms with Gasteiger partial charge in [0, 0.05) is 5.25 Å². The molecule has 0 radical (unpaired) electrons. The lowest BCUT2D eigenvalue weighted by atomic mass is 10.2. The van der Waals surface area contributed by atoms with E-state index in [1.807, 2.05) is 24.3 Å². The first-order chi connectivity index (χ1) is 10.3. The van der Waals surface area contributed by atoms with Gasteiger partial charge in [-0.05, 0) is 17.7 Å². The highest BCUT2D eigenvalue weighted by Crippen LogP contribution is 2.31. The Morgan fingerprint density at radius 1 is 1.10 bits per heavy atom. The zero-order valence-corrected chi connectivity index (χ0v) is 13.5. The predicted octanol–water partition coefficient (Wildman–Crippen LogP) is 4.99. The van der Waals surface area contributed by atoms with Crippen molar-refractivity contribution in [3.8, 4) is 0 Å². The van der Waals surface area contributed by atoms with Crippen LogP contribution in [0.4, 0.5) is 0 Å². The number of rotatable bonds is 6. The Hall–Kier alpha value is -1.36. The zero-order valence-electron chi connectivity index (χ0n) is 11.9. The molecule has 0 aliphatic heterocycles. The first kappa shape index (κ1) is 14.6. The van der Waals surface area contributed by atoms with Crippen molar-refractivity contribution in [3.05, 3.63) is 60.2 Å². The Balaban J connectivity index is 1.50. The summed E-state index contributed by atoms with van der Waals surface area (Å²) in [6.45, 7) is 3.59. The standard InChI is InChI=1S/C17H17NOS2/c1-13(11-19-12-14-7-3-2-4-8-14)20-17-18-15-9-5-6-10-16(15)21-17/h2-10,13H,11-12H2,1H3. The van der Waals surface area contributed by atoms with Gasteiger partial charge >= 0.3 is 0 Å². The Morgan fingerprint density at radius 2 is 1.86 bits per heavy atom. The summed E-state index contributed by atoms with van der Waals surface area (Å²) in [4.78, 5) is 4.64. The topological polar surface area (TPSA) is 22.1 Å². The number of nitrogens with zero attached hydrogens (tertiary/aromatic N) is 1. The largest absolute Gasteiger partial charge is 0.376 e. The van der Waals surface area contributed by atoms with Crippen LogP contribution in [0.25, 0.3) is 10.2 Å². The van der Waals surface area contributed by atoms with Gasteiger partial charge in [-0.2, -0.15) is 0 Å². The van der Waals surface area contributed by atoms with E-state index in [9.17, 15) is 0 Å². The minimum absolute atomic E-state index is 0.397. The molecule has 4 heteroatoms. The van der Waals surface area contributed by atoms with Gasteiger partial charge in [-0.3, -0.25) is 0 Å². The van der Waals surface area contributed by atoms with Gasteiger partial charge in [0.25, 0.3) is 0 Å². The summed E-state index contributed by atoms with van der Waals surface area (Å²) in [7, 11) is 0. The Bertz CT molecular complexity index is 663. The number of hydrogen-bond acceptors (Lipinski definition) is 4. The minimum atomic E-state index is 0.397. The van der Waals surface area contributed by atoms with Crippen molar-refractivity contribution in [3.63, 3.8) is 0 Å². The molecular formula is C17H17NOS2. The lowest BCUT2D eigenvalue weighted by molar-refractivity contribution is 0.124. The molecule has 2 nitrogen and oxygen atoms in total. The average Bonchev–Trinajstić information content (AvgIpc) is 2.90. The highest BCUT2D eigenvalue weighted by atomic mass is 32.2. The monoisotopic (exact) mass is 315 g/mol. The molecule has 3 aromatic rings. The third-order valence-electron chi connectivity index (χ3n) is 3.04. The van der Waals surface area contributed by atoms with Crippen LogP contribution in [0.5, 0.6) is 0 Å². The van der Waals surface area contributed by atoms with E-state index in [4.69, 9.17) is 4.74 Å². The summed E-state index contributed by atoms with van der Waals surface area (Å²) in [6.07, 6.45) is 0. The summed E-state index contributed by atoms with van der Waals surface area (Å²) >= 11 is 3.54. The van der Waals surface area contributed by atoms with Crippen molar-refractivity contribution in [2.24, 2.45) is 0 Å². The third-order valence-corrected chi connectivity index (χ3v) is 5.24. The Morgan fingerprint density at radius 3 is 2.67 bits per heavy atom. The van der Waals surface area contributed by atoms with E-state index in [0.29, 0.717) is 11.9 Å². The van der Waals surface area contributed by atoms with Crippen LogP contribution in [-0.2, 0) is 11.3 Å². The molecule has 1 aromatic heterocycles. The molecule has 2 aromatic carbocycles. The van der Waals surface area contributed by atoms with Crippen LogP contribution in [-0.4, -0.2) is 16.8 Å². The van der Waals surface area contributed by atoms with Gasteiger partial charge in [-0.1, -0.05) is 61.2 Å². The summed E-state index contributed by atoms with van der Waals surface area (Å²) in [5.74, 6) is 0. The Kier molecular flexibility index (Phi) is 4.91. The van der Waals surface area contributed by atoms with Gasteiger partial charge in [0.2, 0.25) is 0 Å². The molecular weight excluding hydrogens is 298 g/mol. The molecule has 0 saturated heterocycles. The van der Waals surface area contributed by atoms with E-state index in [0.717, 1.165) is 16.5 Å². The number of benzene rings is 2. The quantitative estimate of drug-likeness (QED) is 0.598. The molecule has 21 heavy (non-hydrogen) atoms. The zero-order chi connectivity index (χ0) is 14.5. The van der Waals surface area contributed by atoms with Crippen molar-refractivity contribution in [1.82, 2.24) is 4.98 Å². The minimum Gasteiger partial charge on any atom is -0.376 e. The van der Waals surface area contributed by atoms with Gasteiger partial charge in [0.1, 0.15) is 0 Å². The van der Waals surface area contributed by atoms with Crippen molar-refractivity contribution in [2.45, 2.75) is 23.1 Å². The van der Waals surface area contributed by atoms with Gasteiger partial charge < -0.3 is 4.74 Å². The van der Waals surface area contributed by atoms with E-state index < -0.39 is 0 Å². The van der Waals surface area contributed by atoms with Crippen LogP contribution in [0.1, 0.15) is 12.5 Å². The summed E-state index contributed by atoms with van der Waals surface area (Å²) in [5.41, 5.74) is 2.30. The maximum Gasteiger partial charge on any atom is 0.151 e. The lowest BCUT2D eigenvalue weighted by Gasteiger charge is -2.10. The summed E-state index contributed by atoms with van der Waals surface area (Å²) in [6, 6.07) is 18.5. The molecule has 3 rings (SSSR count). The fourth-order valence-corrected chi connectivity index (χ4v) is 4.34. The van der Waals surface area contributed by atoms with Gasteiger partial charge in [0.15, 0.2) is 4.34 Å². The molecule has 0 aliphatic carbocycles. The lowest BCUT2D eigenvalue weighted by Crippen LogP contribution is -2.07. The fourth-order valence-electron chi connectivity index (χ4n) is 2.02. The summed E-state index contributed by atoms with van der Waals surface area (Å²) < 4.78 is 8.15. The molecule has 0 spiro atoms. The van der Waals surface area contributed by atoms with E-state index >= 15 is 0 Å². The van der Waals surface area contributed by atoms with Gasteiger partial charge in [-0.15, -0.1) is 11.3 Å². The van der Waals surface area contributed by atoms with Crippen LogP contribution >= 0.6 is 23.1 Å². The molecule has 1 heterocycles. The maximum absolute atomic E-state index is 5.78. The number of fused-ring (bicyclic) bond motifs is 1.